The van der Waals surface area contributed by atoms with Gasteiger partial charge < -0.3 is 20.1 Å². The van der Waals surface area contributed by atoms with Gasteiger partial charge in [-0.1, -0.05) is 181 Å². The van der Waals surface area contributed by atoms with Crippen molar-refractivity contribution in [3.63, 3.8) is 0 Å². The number of esters is 2. The monoisotopic (exact) mass is 720 g/mol. The number of carbonyl (C=O) groups is 2. The largest absolute Gasteiger partial charge is 0.472 e. The summed E-state index contributed by atoms with van der Waals surface area (Å²) in [6.07, 6.45) is 34.5. The molecule has 0 aromatic carbocycles. The minimum Gasteiger partial charge on any atom is -0.462 e. The molecule has 2 atom stereocenters. The maximum Gasteiger partial charge on any atom is 0.472 e. The summed E-state index contributed by atoms with van der Waals surface area (Å²) in [4.78, 5) is 34.6. The molecule has 0 aliphatic heterocycles. The topological polar surface area (TPSA) is 134 Å². The van der Waals surface area contributed by atoms with Crippen LogP contribution in [0.1, 0.15) is 206 Å². The molecule has 2 unspecified atom stereocenters. The Labute approximate surface area is 301 Å². The van der Waals surface area contributed by atoms with Crippen LogP contribution in [0.3, 0.4) is 0 Å². The number of unbranched alkanes of at least 4 members (excludes halogenated alkanes) is 26. The fourth-order valence-electron chi connectivity index (χ4n) is 5.93. The molecule has 9 nitrogen and oxygen atoms in total. The third-order valence-electron chi connectivity index (χ3n) is 8.99. The van der Waals surface area contributed by atoms with Gasteiger partial charge in [-0.25, -0.2) is 4.57 Å². The lowest BCUT2D eigenvalue weighted by Crippen LogP contribution is -2.29. The van der Waals surface area contributed by atoms with E-state index in [4.69, 9.17) is 24.3 Å². The van der Waals surface area contributed by atoms with Crippen LogP contribution in [0.15, 0.2) is 0 Å². The highest BCUT2D eigenvalue weighted by molar-refractivity contribution is 7.47. The van der Waals surface area contributed by atoms with Crippen molar-refractivity contribution in [2.24, 2.45) is 5.73 Å². The summed E-state index contributed by atoms with van der Waals surface area (Å²) in [6, 6.07) is 0. The molecular formula is C39H78NO8P. The van der Waals surface area contributed by atoms with Crippen LogP contribution in [-0.2, 0) is 32.7 Å². The molecule has 0 saturated heterocycles. The predicted octanol–water partition coefficient (Wildman–Crippen LogP) is 11.3. The van der Waals surface area contributed by atoms with Gasteiger partial charge in [-0.3, -0.25) is 18.6 Å². The van der Waals surface area contributed by atoms with Crippen LogP contribution in [0.25, 0.3) is 0 Å². The summed E-state index contributed by atoms with van der Waals surface area (Å²) in [5, 5.41) is 0. The summed E-state index contributed by atoms with van der Waals surface area (Å²) in [5.41, 5.74) is 5.33. The van der Waals surface area contributed by atoms with Crippen molar-refractivity contribution in [1.82, 2.24) is 0 Å². The molecule has 0 radical (unpaired) electrons. The average Bonchev–Trinajstić information content (AvgIpc) is 3.08. The first-order chi connectivity index (χ1) is 23.8. The van der Waals surface area contributed by atoms with E-state index in [0.29, 0.717) is 6.42 Å². The van der Waals surface area contributed by atoms with Gasteiger partial charge in [0.15, 0.2) is 6.10 Å². The Morgan fingerprint density at radius 1 is 0.531 bits per heavy atom. The molecule has 0 amide bonds. The van der Waals surface area contributed by atoms with Gasteiger partial charge in [-0.2, -0.15) is 0 Å². The van der Waals surface area contributed by atoms with E-state index in [2.05, 4.69) is 13.8 Å². The van der Waals surface area contributed by atoms with E-state index in [0.717, 1.165) is 32.1 Å². The van der Waals surface area contributed by atoms with Crippen molar-refractivity contribution < 1.29 is 37.6 Å². The van der Waals surface area contributed by atoms with Gasteiger partial charge >= 0.3 is 19.8 Å². The Kier molecular flexibility index (Phi) is 36.0. The van der Waals surface area contributed by atoms with E-state index in [9.17, 15) is 19.0 Å². The minimum absolute atomic E-state index is 0.0576. The molecule has 0 aliphatic carbocycles. The molecule has 0 rings (SSSR count). The highest BCUT2D eigenvalue weighted by Gasteiger charge is 2.26. The molecule has 0 spiro atoms. The van der Waals surface area contributed by atoms with Crippen LogP contribution in [0.5, 0.6) is 0 Å². The number of hydrogen-bond acceptors (Lipinski definition) is 8. The van der Waals surface area contributed by atoms with Gasteiger partial charge in [0.1, 0.15) is 6.61 Å². The molecule has 0 fully saturated rings. The zero-order chi connectivity index (χ0) is 36.1. The summed E-state index contributed by atoms with van der Waals surface area (Å²) in [7, 11) is -4.36. The Morgan fingerprint density at radius 2 is 0.878 bits per heavy atom. The lowest BCUT2D eigenvalue weighted by molar-refractivity contribution is -0.161. The first-order valence-corrected chi connectivity index (χ1v) is 22.0. The number of ether oxygens (including phenoxy) is 2. The highest BCUT2D eigenvalue weighted by atomic mass is 31.2. The number of rotatable bonds is 39. The quantitative estimate of drug-likeness (QED) is 0.0361. The van der Waals surface area contributed by atoms with E-state index in [1.165, 1.54) is 141 Å². The van der Waals surface area contributed by atoms with Crippen molar-refractivity contribution in [1.29, 1.82) is 0 Å². The van der Waals surface area contributed by atoms with Crippen LogP contribution in [0.4, 0.5) is 0 Å². The zero-order valence-electron chi connectivity index (χ0n) is 31.9. The minimum atomic E-state index is -4.36. The van der Waals surface area contributed by atoms with Crippen LogP contribution in [0.2, 0.25) is 0 Å². The number of phosphoric acid groups is 1. The number of phosphoric ester groups is 1. The number of hydrogen-bond donors (Lipinski definition) is 2. The van der Waals surface area contributed by atoms with Crippen LogP contribution in [0, 0.1) is 0 Å². The molecular weight excluding hydrogens is 641 g/mol. The fraction of sp³-hybridized carbons (Fsp3) is 0.949. The highest BCUT2D eigenvalue weighted by Crippen LogP contribution is 2.43. The van der Waals surface area contributed by atoms with Gasteiger partial charge in [-0.15, -0.1) is 0 Å². The third-order valence-corrected chi connectivity index (χ3v) is 9.98. The third kappa shape index (κ3) is 36.6. The van der Waals surface area contributed by atoms with E-state index in [1.807, 2.05) is 0 Å². The van der Waals surface area contributed by atoms with Crippen molar-refractivity contribution in [2.45, 2.75) is 213 Å². The van der Waals surface area contributed by atoms with Crippen molar-refractivity contribution in [2.75, 3.05) is 26.4 Å². The van der Waals surface area contributed by atoms with Crippen molar-refractivity contribution in [3.05, 3.63) is 0 Å². The van der Waals surface area contributed by atoms with Gasteiger partial charge in [0.2, 0.25) is 0 Å². The SMILES string of the molecule is CCCCCCCCCCCCCCCCCCCCCCCC(=O)OC(COC(=O)CCCCCCCCC)COP(=O)(O)OCCN. The number of nitrogens with two attached hydrogens (primary N) is 1. The second kappa shape index (κ2) is 36.8. The summed E-state index contributed by atoms with van der Waals surface area (Å²) >= 11 is 0. The molecule has 292 valence electrons. The van der Waals surface area contributed by atoms with Crippen molar-refractivity contribution >= 4 is 19.8 Å². The van der Waals surface area contributed by atoms with E-state index in [1.54, 1.807) is 0 Å². The Bertz CT molecular complexity index is 784. The van der Waals surface area contributed by atoms with E-state index >= 15 is 0 Å². The van der Waals surface area contributed by atoms with E-state index < -0.39 is 26.5 Å². The molecule has 0 aliphatic rings. The normalized spacial score (nSPS) is 13.3. The molecule has 0 bridgehead atoms. The van der Waals surface area contributed by atoms with Gasteiger partial charge in [0, 0.05) is 19.4 Å². The second-order valence-electron chi connectivity index (χ2n) is 13.9. The summed E-state index contributed by atoms with van der Waals surface area (Å²) in [5.74, 6) is -0.823. The average molecular weight is 720 g/mol. The Balaban J connectivity index is 3.98. The van der Waals surface area contributed by atoms with Crippen molar-refractivity contribution in [3.8, 4) is 0 Å². The molecule has 0 saturated carbocycles. The Morgan fingerprint density at radius 3 is 1.24 bits per heavy atom. The second-order valence-corrected chi connectivity index (χ2v) is 15.3. The molecule has 0 aromatic rings. The molecule has 0 heterocycles. The predicted molar refractivity (Wildman–Crippen MR) is 201 cm³/mol. The maximum atomic E-state index is 12.5. The first-order valence-electron chi connectivity index (χ1n) is 20.5. The Hall–Kier alpha value is -0.990. The lowest BCUT2D eigenvalue weighted by Gasteiger charge is -2.19. The van der Waals surface area contributed by atoms with Crippen LogP contribution in [-0.4, -0.2) is 49.3 Å². The summed E-state index contributed by atoms with van der Waals surface area (Å²) < 4.78 is 32.6. The van der Waals surface area contributed by atoms with Gasteiger partial charge in [0.25, 0.3) is 0 Å². The molecule has 3 N–H and O–H groups in total. The van der Waals surface area contributed by atoms with Crippen LogP contribution < -0.4 is 5.73 Å². The lowest BCUT2D eigenvalue weighted by atomic mass is 10.0. The maximum absolute atomic E-state index is 12.5. The molecule has 49 heavy (non-hydrogen) atoms. The van der Waals surface area contributed by atoms with Crippen LogP contribution >= 0.6 is 7.82 Å². The zero-order valence-corrected chi connectivity index (χ0v) is 32.8. The van der Waals surface area contributed by atoms with Gasteiger partial charge in [0.05, 0.1) is 13.2 Å². The number of carbonyl (C=O) groups excluding carboxylic acids is 2. The first kappa shape index (κ1) is 48.0. The molecule has 0 aromatic heterocycles. The smallest absolute Gasteiger partial charge is 0.462 e. The molecule has 10 heteroatoms. The summed E-state index contributed by atoms with van der Waals surface area (Å²) in [6.45, 7) is 3.71. The van der Waals surface area contributed by atoms with Gasteiger partial charge in [-0.05, 0) is 12.8 Å². The standard InChI is InChI=1S/C39H78NO8P/c1-3-5-7-9-11-12-13-14-15-16-17-18-19-20-21-22-23-24-26-28-30-32-39(42)48-37(36-47-49(43,44)46-34-33-40)35-45-38(41)31-29-27-25-10-8-6-4-2/h37H,3-36,40H2,1-2H3,(H,43,44). The van der Waals surface area contributed by atoms with E-state index in [-0.39, 0.29) is 38.6 Å². The fourth-order valence-corrected chi connectivity index (χ4v) is 6.69.